The topological polar surface area (TPSA) is 12.9 Å². The van der Waals surface area contributed by atoms with Gasteiger partial charge < -0.3 is 0 Å². The molecule has 4 rings (SSSR count). The van der Waals surface area contributed by atoms with Crippen LogP contribution >= 0.6 is 21.8 Å². The molecule has 0 fully saturated rings. The van der Waals surface area contributed by atoms with Crippen LogP contribution in [0.1, 0.15) is 10.4 Å². The van der Waals surface area contributed by atoms with Gasteiger partial charge in [-0.15, -0.1) is 11.3 Å². The number of benzene rings is 2. The maximum atomic E-state index is 12.7. The molecule has 4 aromatic rings. The first-order valence-corrected chi connectivity index (χ1v) is 9.76. The Morgan fingerprint density at radius 3 is 2.50 bits per heavy atom. The fraction of sp³-hybridized carbons (Fsp3) is 0.0500. The highest BCUT2D eigenvalue weighted by Crippen LogP contribution is 2.35. The van der Waals surface area contributed by atoms with Gasteiger partial charge >= 0.3 is 6.18 Å². The molecule has 0 amide bonds. The van der Waals surface area contributed by atoms with E-state index >= 15 is 0 Å². The minimum atomic E-state index is -4.34. The van der Waals surface area contributed by atoms with Crippen LogP contribution in [0.2, 0.25) is 0 Å². The molecule has 0 aliphatic heterocycles. The van der Waals surface area contributed by atoms with Gasteiger partial charge in [-0.2, -0.15) is 18.2 Å². The van der Waals surface area contributed by atoms with Crippen LogP contribution < -0.4 is 0 Å². The lowest BCUT2D eigenvalue weighted by Gasteiger charge is -2.05. The zero-order valence-corrected chi connectivity index (χ0v) is 14.9. The summed E-state index contributed by atoms with van der Waals surface area (Å²) in [6.07, 6.45) is -2.67. The predicted octanol–water partition coefficient (Wildman–Crippen LogP) is 6.59. The summed E-state index contributed by atoms with van der Waals surface area (Å²) in [5.74, 6) is 3.18. The molecule has 0 saturated heterocycles. The van der Waals surface area contributed by atoms with E-state index in [0.29, 0.717) is 10.6 Å². The van der Waals surface area contributed by atoms with Gasteiger partial charge in [-0.1, -0.05) is 18.2 Å². The summed E-state index contributed by atoms with van der Waals surface area (Å²) in [7, 11) is -0.532. The predicted molar refractivity (Wildman–Crippen MR) is 101 cm³/mol. The number of rotatable bonds is 1. The molecule has 2 heterocycles. The number of fused-ring (bicyclic) bond motifs is 1. The van der Waals surface area contributed by atoms with Crippen LogP contribution in [-0.2, 0) is 6.18 Å². The average Bonchev–Trinajstić information content (AvgIpc) is 3.25. The van der Waals surface area contributed by atoms with Gasteiger partial charge in [0.15, 0.2) is 10.6 Å². The number of alkyl halides is 3. The van der Waals surface area contributed by atoms with Gasteiger partial charge in [-0.25, -0.2) is 0 Å². The molecule has 0 saturated carbocycles. The second-order valence-corrected chi connectivity index (χ2v) is 8.13. The number of hydrogen-bond donors (Lipinski definition) is 0. The Kier molecular flexibility index (Phi) is 4.27. The Morgan fingerprint density at radius 1 is 1.00 bits per heavy atom. The minimum absolute atomic E-state index is 0.532. The molecule has 2 aromatic heterocycles. The smallest absolute Gasteiger partial charge is 0.200 e. The van der Waals surface area contributed by atoms with Gasteiger partial charge in [0.2, 0.25) is 0 Å². The van der Waals surface area contributed by atoms with E-state index in [1.807, 2.05) is 29.6 Å². The van der Waals surface area contributed by atoms with E-state index in [2.05, 4.69) is 22.2 Å². The molecular weight excluding hydrogens is 375 g/mol. The maximum Gasteiger partial charge on any atom is 0.416 e. The summed E-state index contributed by atoms with van der Waals surface area (Å²) >= 11 is 1.62. The summed E-state index contributed by atoms with van der Waals surface area (Å²) in [5.41, 5.74) is 0.000947. The van der Waals surface area contributed by atoms with Crippen molar-refractivity contribution in [3.05, 3.63) is 76.6 Å². The lowest BCUT2D eigenvalue weighted by molar-refractivity contribution is -0.137. The van der Waals surface area contributed by atoms with Crippen LogP contribution in [0, 0.1) is 11.2 Å². The molecule has 1 unspecified atom stereocenters. The zero-order chi connectivity index (χ0) is 18.1. The molecule has 6 heteroatoms. The third-order valence-corrected chi connectivity index (χ3v) is 6.27. The highest BCUT2D eigenvalue weighted by atomic mass is 32.2. The van der Waals surface area contributed by atoms with Crippen molar-refractivity contribution < 1.29 is 13.2 Å². The van der Waals surface area contributed by atoms with Gasteiger partial charge in [0, 0.05) is 10.6 Å². The van der Waals surface area contributed by atoms with Crippen LogP contribution in [0.5, 0.6) is 0 Å². The van der Waals surface area contributed by atoms with Crippen molar-refractivity contribution in [3.8, 4) is 21.7 Å². The van der Waals surface area contributed by atoms with Crippen molar-refractivity contribution in [2.24, 2.45) is 0 Å². The van der Waals surface area contributed by atoms with E-state index in [1.54, 1.807) is 17.5 Å². The van der Waals surface area contributed by atoms with Crippen LogP contribution in [-0.4, -0.2) is 4.98 Å². The SMILES string of the molecule is FC(F)(F)c1ccc(-c2ncc[s+]2C#Cc2cc3ccccc3s2)cc1. The van der Waals surface area contributed by atoms with Crippen molar-refractivity contribution in [1.29, 1.82) is 0 Å². The number of thiazole rings is 1. The summed E-state index contributed by atoms with van der Waals surface area (Å²) in [4.78, 5) is 5.27. The fourth-order valence-corrected chi connectivity index (χ4v) is 4.76. The summed E-state index contributed by atoms with van der Waals surface area (Å²) in [6.45, 7) is 0. The summed E-state index contributed by atoms with van der Waals surface area (Å²) in [6, 6.07) is 15.2. The Balaban J connectivity index is 1.65. The van der Waals surface area contributed by atoms with Crippen molar-refractivity contribution in [2.75, 3.05) is 0 Å². The zero-order valence-electron chi connectivity index (χ0n) is 13.2. The highest BCUT2D eigenvalue weighted by Gasteiger charge is 2.30. The third-order valence-electron chi connectivity index (χ3n) is 3.77. The van der Waals surface area contributed by atoms with Crippen molar-refractivity contribution in [3.63, 3.8) is 0 Å². The Labute approximate surface area is 154 Å². The standard InChI is InChI=1S/C20H11F3NS2/c21-20(22,23)16-7-5-14(6-8-16)19-24-10-12-26(19)11-9-17-13-15-3-1-2-4-18(15)25-17/h1-8,10,12-13H/q+1. The van der Waals surface area contributed by atoms with Crippen LogP contribution in [0.25, 0.3) is 20.7 Å². The lowest BCUT2D eigenvalue weighted by Crippen LogP contribution is -2.03. The number of nitrogens with zero attached hydrogens (tertiary/aromatic N) is 1. The van der Waals surface area contributed by atoms with Crippen molar-refractivity contribution in [2.45, 2.75) is 6.18 Å². The lowest BCUT2D eigenvalue weighted by atomic mass is 10.1. The summed E-state index contributed by atoms with van der Waals surface area (Å²) < 4.78 is 39.3. The van der Waals surface area contributed by atoms with Crippen LogP contribution in [0.15, 0.2) is 66.2 Å². The molecule has 26 heavy (non-hydrogen) atoms. The first-order chi connectivity index (χ1) is 12.5. The molecule has 0 radical (unpaired) electrons. The number of hydrogen-bond acceptors (Lipinski definition) is 2. The van der Waals surface area contributed by atoms with Gasteiger partial charge in [-0.3, -0.25) is 0 Å². The van der Waals surface area contributed by atoms with Gasteiger partial charge in [-0.05, 0) is 41.8 Å². The molecule has 128 valence electrons. The Morgan fingerprint density at radius 2 is 1.77 bits per heavy atom. The van der Waals surface area contributed by atoms with E-state index in [1.165, 1.54) is 16.8 Å². The van der Waals surface area contributed by atoms with Gasteiger partial charge in [0.25, 0.3) is 5.01 Å². The normalized spacial score (nSPS) is 12.0. The molecule has 0 N–H and O–H groups in total. The maximum absolute atomic E-state index is 12.7. The second-order valence-electron chi connectivity index (χ2n) is 5.51. The van der Waals surface area contributed by atoms with Crippen LogP contribution in [0.3, 0.4) is 0 Å². The monoisotopic (exact) mass is 386 g/mol. The van der Waals surface area contributed by atoms with Gasteiger partial charge in [0.1, 0.15) is 0 Å². The molecule has 1 nitrogen and oxygen atoms in total. The Bertz CT molecular complexity index is 1090. The average molecular weight is 386 g/mol. The van der Waals surface area contributed by atoms with Crippen molar-refractivity contribution >= 4 is 31.9 Å². The molecule has 2 aromatic carbocycles. The van der Waals surface area contributed by atoms with E-state index in [4.69, 9.17) is 0 Å². The first-order valence-electron chi connectivity index (χ1n) is 7.66. The second kappa shape index (κ2) is 6.60. The third kappa shape index (κ3) is 3.36. The van der Waals surface area contributed by atoms with E-state index < -0.39 is 22.2 Å². The molecule has 0 bridgehead atoms. The van der Waals surface area contributed by atoms with E-state index in [0.717, 1.165) is 22.4 Å². The van der Waals surface area contributed by atoms with E-state index in [-0.39, 0.29) is 0 Å². The van der Waals surface area contributed by atoms with Crippen LogP contribution in [0.4, 0.5) is 13.2 Å². The highest BCUT2D eigenvalue weighted by molar-refractivity contribution is 7.38. The fourth-order valence-electron chi connectivity index (χ4n) is 2.51. The quantitative estimate of drug-likeness (QED) is 0.266. The molecule has 0 aliphatic rings. The van der Waals surface area contributed by atoms with Gasteiger partial charge in [0.05, 0.1) is 32.7 Å². The largest absolute Gasteiger partial charge is 0.416 e. The molecular formula is C20H11F3NS2+. The molecule has 0 spiro atoms. The Hall–Kier alpha value is -2.62. The molecule has 0 aliphatic carbocycles. The minimum Gasteiger partial charge on any atom is -0.200 e. The number of aromatic nitrogens is 1. The number of thiophene rings is 1. The molecule has 1 atom stereocenters. The summed E-state index contributed by atoms with van der Waals surface area (Å²) in [5, 5.41) is 6.94. The first kappa shape index (κ1) is 16.8. The number of halogens is 3. The van der Waals surface area contributed by atoms with E-state index in [9.17, 15) is 13.2 Å². The van der Waals surface area contributed by atoms with Crippen molar-refractivity contribution in [1.82, 2.24) is 4.98 Å².